The lowest BCUT2D eigenvalue weighted by molar-refractivity contribution is 0.567. The molecular formula is C66H90N14. The fourth-order valence-corrected chi connectivity index (χ4v) is 7.97. The molecule has 424 valence electrons. The zero-order valence-corrected chi connectivity index (χ0v) is 49.4. The summed E-state index contributed by atoms with van der Waals surface area (Å²) >= 11 is 0. The molecule has 0 unspecified atom stereocenters. The van der Waals surface area contributed by atoms with Gasteiger partial charge >= 0.3 is 0 Å². The molecule has 0 bridgehead atoms. The number of pyridine rings is 1. The number of benzene rings is 2. The van der Waals surface area contributed by atoms with Crippen molar-refractivity contribution in [1.82, 2.24) is 67.9 Å². The summed E-state index contributed by atoms with van der Waals surface area (Å²) < 4.78 is 7.54. The number of nitrogens with one attached hydrogen (secondary N) is 2. The zero-order chi connectivity index (χ0) is 56.8. The van der Waals surface area contributed by atoms with Crippen LogP contribution in [0, 0.1) is 0 Å². The number of hydrogen-bond acceptors (Lipinski definition) is 8. The van der Waals surface area contributed by atoms with Gasteiger partial charge in [-0.2, -0.15) is 5.10 Å². The minimum Gasteiger partial charge on any atom is -0.361 e. The van der Waals surface area contributed by atoms with Crippen molar-refractivity contribution in [3.8, 4) is 0 Å². The Kier molecular flexibility index (Phi) is 19.6. The Bertz CT molecular complexity index is 3180. The van der Waals surface area contributed by atoms with Crippen LogP contribution in [0.4, 0.5) is 0 Å². The maximum absolute atomic E-state index is 4.37. The molecular weight excluding hydrogens is 989 g/mol. The standard InChI is InChI=1S/2C12H15N.C11H14N2.2C10H13N3.C9H12N4.2CH4/c2*1-12(2,3)10-5-4-9-6-7-13-11(9)8-10;1-11(2,3)9-4-6-13-7-5-12-10(13)8-9;1-10(2,3)8-6-9-11-4-5-13(9)7-12-8;1-10(2,3)8-6-11-9-4-5-12-13(9)7-8;1-9(2,3)7-4-8-12-11-6-13(8)5-10-7;;/h2*4-8,13H,1-3H3;4-8H,1-3H3;2*4-7H,1-3H3;4-6H,1-3H3;2*1H4. The average Bonchev–Trinajstić information content (AvgIpc) is 4.23. The van der Waals surface area contributed by atoms with Crippen molar-refractivity contribution in [2.75, 3.05) is 0 Å². The van der Waals surface area contributed by atoms with Crippen LogP contribution in [0.3, 0.4) is 0 Å². The summed E-state index contributed by atoms with van der Waals surface area (Å²) in [6, 6.07) is 27.6. The smallest absolute Gasteiger partial charge is 0.163 e. The van der Waals surface area contributed by atoms with Gasteiger partial charge in [0.1, 0.15) is 30.3 Å². The van der Waals surface area contributed by atoms with Crippen LogP contribution in [-0.2, 0) is 32.5 Å². The Morgan fingerprint density at radius 1 is 0.375 bits per heavy atom. The normalized spacial score (nSPS) is 11.9. The van der Waals surface area contributed by atoms with Gasteiger partial charge in [-0.15, -0.1) is 10.2 Å². The van der Waals surface area contributed by atoms with E-state index in [1.165, 1.54) is 44.1 Å². The van der Waals surface area contributed by atoms with E-state index in [1.54, 1.807) is 34.0 Å². The molecule has 0 spiro atoms. The Labute approximate surface area is 475 Å². The molecule has 2 N–H and O–H groups in total. The second kappa shape index (κ2) is 25.0. The summed E-state index contributed by atoms with van der Waals surface area (Å²) in [7, 11) is 0. The van der Waals surface area contributed by atoms with Crippen molar-refractivity contribution in [3.63, 3.8) is 0 Å². The molecule has 10 heterocycles. The summed E-state index contributed by atoms with van der Waals surface area (Å²) in [6.07, 6.45) is 24.4. The molecule has 2 aromatic carbocycles. The molecule has 12 aromatic rings. The first-order valence-corrected chi connectivity index (χ1v) is 26.8. The Hall–Kier alpha value is -8.00. The van der Waals surface area contributed by atoms with E-state index in [0.717, 1.165) is 34.0 Å². The molecule has 0 amide bonds. The number of aromatic amines is 2. The molecule has 0 aliphatic heterocycles. The van der Waals surface area contributed by atoms with Crippen molar-refractivity contribution in [1.29, 1.82) is 0 Å². The summed E-state index contributed by atoms with van der Waals surface area (Å²) in [5.41, 5.74) is 14.5. The zero-order valence-electron chi connectivity index (χ0n) is 49.4. The number of rotatable bonds is 0. The molecule has 0 radical (unpaired) electrons. The lowest BCUT2D eigenvalue weighted by atomic mass is 9.87. The van der Waals surface area contributed by atoms with Gasteiger partial charge in [-0.05, 0) is 91.1 Å². The van der Waals surface area contributed by atoms with Gasteiger partial charge in [0.05, 0.1) is 17.6 Å². The largest absolute Gasteiger partial charge is 0.361 e. The van der Waals surface area contributed by atoms with E-state index in [1.807, 2.05) is 76.7 Å². The van der Waals surface area contributed by atoms with Gasteiger partial charge in [-0.25, -0.2) is 29.4 Å². The van der Waals surface area contributed by atoms with Crippen LogP contribution >= 0.6 is 0 Å². The van der Waals surface area contributed by atoms with Gasteiger partial charge in [0.15, 0.2) is 11.3 Å². The number of nitrogens with zero attached hydrogens (tertiary/aromatic N) is 12. The van der Waals surface area contributed by atoms with Crippen LogP contribution in [0.1, 0.15) is 173 Å². The molecule has 80 heavy (non-hydrogen) atoms. The van der Waals surface area contributed by atoms with Crippen LogP contribution in [0.25, 0.3) is 44.4 Å². The maximum atomic E-state index is 4.37. The molecule has 12 rings (SSSR count). The minimum atomic E-state index is 0. The molecule has 0 fully saturated rings. The third kappa shape index (κ3) is 16.5. The Morgan fingerprint density at radius 2 is 0.850 bits per heavy atom. The topological polar surface area (TPSA) is 152 Å². The van der Waals surface area contributed by atoms with E-state index < -0.39 is 0 Å². The van der Waals surface area contributed by atoms with Crippen molar-refractivity contribution in [2.45, 2.75) is 172 Å². The summed E-state index contributed by atoms with van der Waals surface area (Å²) in [5, 5.41) is 14.5. The summed E-state index contributed by atoms with van der Waals surface area (Å²) in [5.74, 6) is 0. The number of H-pyrrole nitrogens is 2. The molecule has 0 aliphatic rings. The molecule has 10 aromatic heterocycles. The van der Waals surface area contributed by atoms with Gasteiger partial charge in [0.25, 0.3) is 0 Å². The average molecular weight is 1080 g/mol. The van der Waals surface area contributed by atoms with Crippen LogP contribution in [0.5, 0.6) is 0 Å². The summed E-state index contributed by atoms with van der Waals surface area (Å²) in [6.45, 7) is 39.4. The highest BCUT2D eigenvalue weighted by atomic mass is 15.2. The molecule has 14 nitrogen and oxygen atoms in total. The van der Waals surface area contributed by atoms with E-state index in [-0.39, 0.29) is 47.3 Å². The van der Waals surface area contributed by atoms with Gasteiger partial charge in [-0.3, -0.25) is 8.80 Å². The highest BCUT2D eigenvalue weighted by Gasteiger charge is 2.19. The predicted octanol–water partition coefficient (Wildman–Crippen LogP) is 16.3. The van der Waals surface area contributed by atoms with E-state index in [4.69, 9.17) is 0 Å². The van der Waals surface area contributed by atoms with Crippen LogP contribution < -0.4 is 0 Å². The van der Waals surface area contributed by atoms with E-state index in [0.29, 0.717) is 0 Å². The molecule has 0 aliphatic carbocycles. The SMILES string of the molecule is C.C.CC(C)(C)c1cc2nccn2cn1.CC(C)(C)c1cc2nncn2cn1.CC(C)(C)c1ccc2cc[nH]c2c1.CC(C)(C)c1ccc2cc[nH]c2c1.CC(C)(C)c1ccn2ccnc2c1.CC(C)(C)c1cnc2ccnn2c1. The third-order valence-corrected chi connectivity index (χ3v) is 13.2. The van der Waals surface area contributed by atoms with Crippen LogP contribution in [-0.4, -0.2) is 67.9 Å². The fraction of sp³-hybridized carbons (Fsp3) is 0.394. The van der Waals surface area contributed by atoms with Gasteiger partial charge in [0.2, 0.25) is 0 Å². The molecule has 0 saturated heterocycles. The molecule has 0 saturated carbocycles. The first kappa shape index (κ1) is 62.8. The lowest BCUT2D eigenvalue weighted by Crippen LogP contribution is -2.13. The highest BCUT2D eigenvalue weighted by Crippen LogP contribution is 2.28. The number of aromatic nitrogens is 14. The van der Waals surface area contributed by atoms with Crippen molar-refractivity contribution < 1.29 is 0 Å². The van der Waals surface area contributed by atoms with Crippen molar-refractivity contribution in [3.05, 3.63) is 193 Å². The van der Waals surface area contributed by atoms with Gasteiger partial charge in [-0.1, -0.05) is 164 Å². The Morgan fingerprint density at radius 3 is 1.36 bits per heavy atom. The number of imidazole rings is 2. The predicted molar refractivity (Wildman–Crippen MR) is 334 cm³/mol. The van der Waals surface area contributed by atoms with Crippen LogP contribution in [0.15, 0.2) is 160 Å². The second-order valence-corrected chi connectivity index (χ2v) is 26.0. The first-order valence-electron chi connectivity index (χ1n) is 26.8. The molecule has 14 heteroatoms. The second-order valence-electron chi connectivity index (χ2n) is 26.0. The third-order valence-electron chi connectivity index (χ3n) is 13.2. The van der Waals surface area contributed by atoms with E-state index in [2.05, 4.69) is 242 Å². The summed E-state index contributed by atoms with van der Waals surface area (Å²) in [4.78, 5) is 28.0. The molecule has 0 atom stereocenters. The monoisotopic (exact) mass is 1080 g/mol. The quantitative estimate of drug-likeness (QED) is 0.152. The first-order chi connectivity index (χ1) is 36.4. The Balaban J connectivity index is 0.000000176. The van der Waals surface area contributed by atoms with Crippen molar-refractivity contribution >= 4 is 44.4 Å². The van der Waals surface area contributed by atoms with E-state index in [9.17, 15) is 0 Å². The maximum Gasteiger partial charge on any atom is 0.163 e. The minimum absolute atomic E-state index is 0. The van der Waals surface area contributed by atoms with E-state index >= 15 is 0 Å². The highest BCUT2D eigenvalue weighted by molar-refractivity contribution is 5.81. The van der Waals surface area contributed by atoms with Crippen molar-refractivity contribution in [2.24, 2.45) is 0 Å². The number of hydrogen-bond donors (Lipinski definition) is 2. The number of fused-ring (bicyclic) bond motifs is 6. The fourth-order valence-electron chi connectivity index (χ4n) is 7.97. The lowest BCUT2D eigenvalue weighted by Gasteiger charge is -2.18. The van der Waals surface area contributed by atoms with Gasteiger partial charge < -0.3 is 14.4 Å². The van der Waals surface area contributed by atoms with Crippen LogP contribution in [0.2, 0.25) is 0 Å². The van der Waals surface area contributed by atoms with Gasteiger partial charge in [0, 0.05) is 95.8 Å².